The lowest BCUT2D eigenvalue weighted by Gasteiger charge is -2.26. The molecule has 1 amide bonds. The molecule has 0 radical (unpaired) electrons. The molecule has 0 aromatic rings. The van der Waals surface area contributed by atoms with E-state index >= 15 is 0 Å². The number of carbonyl (C=O) groups excluding carboxylic acids is 1. The quantitative estimate of drug-likeness (QED) is 0.713. The molecule has 1 unspecified atom stereocenters. The number of nitrogens with two attached hydrogens (primary N) is 1. The number of likely N-dealkylation sites (N-methyl/N-ethyl adjacent to an activating group) is 1. The number of hydrogen-bond acceptors (Lipinski definition) is 3. The highest BCUT2D eigenvalue weighted by atomic mass is 16.2. The Morgan fingerprint density at radius 2 is 2.13 bits per heavy atom. The minimum Gasteiger partial charge on any atom is -0.337 e. The maximum atomic E-state index is 12.0. The van der Waals surface area contributed by atoms with Gasteiger partial charge in [-0.05, 0) is 25.9 Å². The van der Waals surface area contributed by atoms with Crippen molar-refractivity contribution >= 4 is 5.91 Å². The van der Waals surface area contributed by atoms with E-state index in [-0.39, 0.29) is 11.9 Å². The van der Waals surface area contributed by atoms with Gasteiger partial charge < -0.3 is 10.6 Å². The minimum atomic E-state index is 0.242. The van der Waals surface area contributed by atoms with Crippen LogP contribution in [0.1, 0.15) is 26.7 Å². The molecule has 0 spiro atoms. The first kappa shape index (κ1) is 12.5. The molecule has 2 N–H and O–H groups in total. The standard InChI is InChI=1S/C11H23N3O/c1-3-13(4-2)9-11(15)14-7-5-6-10(14)8-12/h10H,3-9,12H2,1-2H3. The highest BCUT2D eigenvalue weighted by Gasteiger charge is 2.27. The molecule has 1 fully saturated rings. The zero-order chi connectivity index (χ0) is 11.3. The Labute approximate surface area is 92.4 Å². The molecule has 0 aromatic heterocycles. The fraction of sp³-hybridized carbons (Fsp3) is 0.909. The normalized spacial score (nSPS) is 21.3. The summed E-state index contributed by atoms with van der Waals surface area (Å²) in [5.74, 6) is 0.242. The number of nitrogens with zero attached hydrogens (tertiary/aromatic N) is 2. The van der Waals surface area contributed by atoms with E-state index in [0.717, 1.165) is 32.5 Å². The van der Waals surface area contributed by atoms with Crippen molar-refractivity contribution < 1.29 is 4.79 Å². The fourth-order valence-corrected chi connectivity index (χ4v) is 2.14. The molecule has 0 bridgehead atoms. The summed E-state index contributed by atoms with van der Waals surface area (Å²) in [6.07, 6.45) is 2.17. The number of carbonyl (C=O) groups is 1. The molecule has 1 saturated heterocycles. The zero-order valence-electron chi connectivity index (χ0n) is 9.91. The Bertz CT molecular complexity index is 204. The van der Waals surface area contributed by atoms with Crippen molar-refractivity contribution in [2.24, 2.45) is 5.73 Å². The van der Waals surface area contributed by atoms with Crippen LogP contribution in [0, 0.1) is 0 Å². The Hall–Kier alpha value is -0.610. The SMILES string of the molecule is CCN(CC)CC(=O)N1CCCC1CN. The van der Waals surface area contributed by atoms with Crippen LogP contribution in [0.2, 0.25) is 0 Å². The Morgan fingerprint density at radius 1 is 1.47 bits per heavy atom. The van der Waals surface area contributed by atoms with E-state index in [2.05, 4.69) is 18.7 Å². The molecular weight excluding hydrogens is 190 g/mol. The van der Waals surface area contributed by atoms with Gasteiger partial charge in [-0.3, -0.25) is 9.69 Å². The van der Waals surface area contributed by atoms with Gasteiger partial charge in [-0.15, -0.1) is 0 Å². The third-order valence-electron chi connectivity index (χ3n) is 3.22. The third-order valence-corrected chi connectivity index (χ3v) is 3.22. The second-order valence-corrected chi connectivity index (χ2v) is 4.08. The Balaban J connectivity index is 2.45. The van der Waals surface area contributed by atoms with Crippen LogP contribution >= 0.6 is 0 Å². The molecule has 1 rings (SSSR count). The zero-order valence-corrected chi connectivity index (χ0v) is 9.91. The van der Waals surface area contributed by atoms with Gasteiger partial charge in [-0.25, -0.2) is 0 Å². The lowest BCUT2D eigenvalue weighted by molar-refractivity contribution is -0.133. The average Bonchev–Trinajstić information content (AvgIpc) is 2.73. The second-order valence-electron chi connectivity index (χ2n) is 4.08. The average molecular weight is 213 g/mol. The number of hydrogen-bond donors (Lipinski definition) is 1. The van der Waals surface area contributed by atoms with Gasteiger partial charge >= 0.3 is 0 Å². The highest BCUT2D eigenvalue weighted by Crippen LogP contribution is 2.16. The molecule has 0 aliphatic carbocycles. The van der Waals surface area contributed by atoms with Crippen LogP contribution in [0.5, 0.6) is 0 Å². The minimum absolute atomic E-state index is 0.242. The first-order valence-electron chi connectivity index (χ1n) is 5.94. The number of amides is 1. The van der Waals surface area contributed by atoms with Crippen LogP contribution in [-0.2, 0) is 4.79 Å². The summed E-state index contributed by atoms with van der Waals surface area (Å²) in [6.45, 7) is 8.07. The second kappa shape index (κ2) is 6.08. The van der Waals surface area contributed by atoms with E-state index in [0.29, 0.717) is 13.1 Å². The van der Waals surface area contributed by atoms with E-state index in [9.17, 15) is 4.79 Å². The predicted octanol–water partition coefficient (Wildman–Crippen LogP) is 0.278. The van der Waals surface area contributed by atoms with Crippen molar-refractivity contribution in [1.29, 1.82) is 0 Å². The first-order valence-corrected chi connectivity index (χ1v) is 5.94. The summed E-state index contributed by atoms with van der Waals surface area (Å²) in [7, 11) is 0. The number of likely N-dealkylation sites (tertiary alicyclic amines) is 1. The maximum Gasteiger partial charge on any atom is 0.237 e. The molecule has 4 nitrogen and oxygen atoms in total. The monoisotopic (exact) mass is 213 g/mol. The van der Waals surface area contributed by atoms with E-state index < -0.39 is 0 Å². The van der Waals surface area contributed by atoms with E-state index in [4.69, 9.17) is 5.73 Å². The van der Waals surface area contributed by atoms with Gasteiger partial charge in [0.25, 0.3) is 0 Å². The largest absolute Gasteiger partial charge is 0.337 e. The van der Waals surface area contributed by atoms with Crippen LogP contribution < -0.4 is 5.73 Å². The molecule has 0 aromatic carbocycles. The van der Waals surface area contributed by atoms with Gasteiger partial charge in [0.15, 0.2) is 0 Å². The molecule has 4 heteroatoms. The van der Waals surface area contributed by atoms with Crippen LogP contribution in [0.3, 0.4) is 0 Å². The van der Waals surface area contributed by atoms with Crippen molar-refractivity contribution in [3.63, 3.8) is 0 Å². The molecule has 1 heterocycles. The van der Waals surface area contributed by atoms with Crippen LogP contribution in [-0.4, -0.2) is 54.5 Å². The van der Waals surface area contributed by atoms with Crippen molar-refractivity contribution in [1.82, 2.24) is 9.80 Å². The highest BCUT2D eigenvalue weighted by molar-refractivity contribution is 5.78. The molecule has 1 aliphatic heterocycles. The smallest absolute Gasteiger partial charge is 0.237 e. The van der Waals surface area contributed by atoms with E-state index in [1.54, 1.807) is 0 Å². The van der Waals surface area contributed by atoms with Crippen molar-refractivity contribution in [2.75, 3.05) is 32.7 Å². The lowest BCUT2D eigenvalue weighted by atomic mass is 10.2. The third kappa shape index (κ3) is 3.18. The van der Waals surface area contributed by atoms with Crippen LogP contribution in [0.4, 0.5) is 0 Å². The topological polar surface area (TPSA) is 49.6 Å². The van der Waals surface area contributed by atoms with Gasteiger partial charge in [0.05, 0.1) is 6.54 Å². The van der Waals surface area contributed by atoms with E-state index in [1.807, 2.05) is 4.90 Å². The molecule has 88 valence electrons. The molecule has 1 aliphatic rings. The van der Waals surface area contributed by atoms with Crippen LogP contribution in [0.15, 0.2) is 0 Å². The molecule has 1 atom stereocenters. The Morgan fingerprint density at radius 3 is 2.67 bits per heavy atom. The van der Waals surface area contributed by atoms with Crippen LogP contribution in [0.25, 0.3) is 0 Å². The summed E-state index contributed by atoms with van der Waals surface area (Å²) in [4.78, 5) is 16.1. The fourth-order valence-electron chi connectivity index (χ4n) is 2.14. The summed E-state index contributed by atoms with van der Waals surface area (Å²) >= 11 is 0. The lowest BCUT2D eigenvalue weighted by Crippen LogP contribution is -2.45. The molecule has 15 heavy (non-hydrogen) atoms. The van der Waals surface area contributed by atoms with Gasteiger partial charge in [0, 0.05) is 19.1 Å². The van der Waals surface area contributed by atoms with Gasteiger partial charge in [-0.2, -0.15) is 0 Å². The van der Waals surface area contributed by atoms with E-state index in [1.165, 1.54) is 0 Å². The summed E-state index contributed by atoms with van der Waals surface area (Å²) < 4.78 is 0. The Kier molecular flexibility index (Phi) is 5.05. The van der Waals surface area contributed by atoms with Crippen molar-refractivity contribution in [3.8, 4) is 0 Å². The molecular formula is C11H23N3O. The summed E-state index contributed by atoms with van der Waals surface area (Å²) in [5, 5.41) is 0. The molecule has 0 saturated carbocycles. The first-order chi connectivity index (χ1) is 7.22. The maximum absolute atomic E-state index is 12.0. The van der Waals surface area contributed by atoms with Gasteiger partial charge in [-0.1, -0.05) is 13.8 Å². The van der Waals surface area contributed by atoms with Crippen molar-refractivity contribution in [3.05, 3.63) is 0 Å². The van der Waals surface area contributed by atoms with Gasteiger partial charge in [0.1, 0.15) is 0 Å². The van der Waals surface area contributed by atoms with Crippen molar-refractivity contribution in [2.45, 2.75) is 32.7 Å². The van der Waals surface area contributed by atoms with Gasteiger partial charge in [0.2, 0.25) is 5.91 Å². The predicted molar refractivity (Wildman–Crippen MR) is 61.6 cm³/mol. The summed E-state index contributed by atoms with van der Waals surface area (Å²) in [5.41, 5.74) is 5.65. The number of rotatable bonds is 5. The summed E-state index contributed by atoms with van der Waals surface area (Å²) in [6, 6.07) is 0.285.